The summed E-state index contributed by atoms with van der Waals surface area (Å²) in [6, 6.07) is 10.9. The lowest BCUT2D eigenvalue weighted by Gasteiger charge is -2.02. The number of benzene rings is 1. The van der Waals surface area contributed by atoms with Crippen LogP contribution in [0.5, 0.6) is 5.75 Å². The molecule has 0 aliphatic carbocycles. The van der Waals surface area contributed by atoms with Crippen molar-refractivity contribution < 1.29 is 14.6 Å². The van der Waals surface area contributed by atoms with E-state index in [2.05, 4.69) is 5.10 Å². The number of para-hydroxylation sites is 1. The lowest BCUT2D eigenvalue weighted by molar-refractivity contribution is 0.0683. The first kappa shape index (κ1) is 12.2. The Morgan fingerprint density at radius 1 is 1.39 bits per heavy atom. The molecule has 5 nitrogen and oxygen atoms in total. The molecule has 2 rings (SSSR count). The Morgan fingerprint density at radius 3 is 2.67 bits per heavy atom. The van der Waals surface area contributed by atoms with E-state index >= 15 is 0 Å². The van der Waals surface area contributed by atoms with Gasteiger partial charge in [0.15, 0.2) is 0 Å². The third kappa shape index (κ3) is 2.68. The minimum Gasteiger partial charge on any atom is -0.487 e. The Balaban J connectivity index is 2.08. The molecule has 0 saturated heterocycles. The van der Waals surface area contributed by atoms with Crippen molar-refractivity contribution in [3.63, 3.8) is 0 Å². The highest BCUT2D eigenvalue weighted by atomic mass is 16.5. The normalized spacial score (nSPS) is 10.3. The third-order valence-corrected chi connectivity index (χ3v) is 2.48. The lowest BCUT2D eigenvalue weighted by atomic mass is 10.3. The summed E-state index contributed by atoms with van der Waals surface area (Å²) in [5.41, 5.74) is 0.794. The Kier molecular flexibility index (Phi) is 3.62. The van der Waals surface area contributed by atoms with Gasteiger partial charge >= 0.3 is 5.97 Å². The molecule has 1 aromatic heterocycles. The molecule has 0 spiro atoms. The summed E-state index contributed by atoms with van der Waals surface area (Å²) in [4.78, 5) is 11.0. The summed E-state index contributed by atoms with van der Waals surface area (Å²) in [6.07, 6.45) is 0. The predicted octanol–water partition coefficient (Wildman–Crippen LogP) is 2.18. The van der Waals surface area contributed by atoms with Crippen LogP contribution in [0.1, 0.15) is 23.1 Å². The second-order valence-corrected chi connectivity index (χ2v) is 3.74. The van der Waals surface area contributed by atoms with Crippen molar-refractivity contribution in [2.24, 2.45) is 0 Å². The first-order valence-corrected chi connectivity index (χ1v) is 5.68. The summed E-state index contributed by atoms with van der Waals surface area (Å²) in [7, 11) is 0. The number of carbonyl (C=O) groups is 1. The molecular weight excluding hydrogens is 232 g/mol. The smallest absolute Gasteiger partial charge is 0.354 e. The molecule has 0 amide bonds. The third-order valence-electron chi connectivity index (χ3n) is 2.48. The molecule has 1 aromatic carbocycles. The van der Waals surface area contributed by atoms with Gasteiger partial charge in [0.05, 0.1) is 0 Å². The number of hydrogen-bond acceptors (Lipinski definition) is 3. The molecule has 94 valence electrons. The van der Waals surface area contributed by atoms with E-state index in [-0.39, 0.29) is 12.3 Å². The molecule has 0 radical (unpaired) electrons. The Morgan fingerprint density at radius 2 is 2.11 bits per heavy atom. The van der Waals surface area contributed by atoms with Crippen molar-refractivity contribution in [1.29, 1.82) is 0 Å². The lowest BCUT2D eigenvalue weighted by Crippen LogP contribution is -2.08. The van der Waals surface area contributed by atoms with Crippen LogP contribution < -0.4 is 4.74 Å². The average molecular weight is 246 g/mol. The monoisotopic (exact) mass is 246 g/mol. The zero-order valence-electron chi connectivity index (χ0n) is 10.0. The topological polar surface area (TPSA) is 64.4 Å². The van der Waals surface area contributed by atoms with Crippen LogP contribution in [0.15, 0.2) is 36.4 Å². The van der Waals surface area contributed by atoms with Crippen LogP contribution in [0.3, 0.4) is 0 Å². The van der Waals surface area contributed by atoms with Gasteiger partial charge in [0.1, 0.15) is 23.7 Å². The maximum absolute atomic E-state index is 11.0. The van der Waals surface area contributed by atoms with Gasteiger partial charge in [-0.3, -0.25) is 4.68 Å². The standard InChI is InChI=1S/C13H14N2O3/c1-2-15-12(13(16)17)8-10(14-15)9-18-11-6-4-3-5-7-11/h3-8H,2,9H2,1H3,(H,16,17). The number of carboxylic acid groups (broad SMARTS) is 1. The molecule has 0 fully saturated rings. The van der Waals surface area contributed by atoms with Gasteiger partial charge in [-0.2, -0.15) is 5.10 Å². The van der Waals surface area contributed by atoms with Gasteiger partial charge in [0.2, 0.25) is 0 Å². The van der Waals surface area contributed by atoms with E-state index in [9.17, 15) is 4.79 Å². The number of rotatable bonds is 5. The summed E-state index contributed by atoms with van der Waals surface area (Å²) < 4.78 is 6.97. The summed E-state index contributed by atoms with van der Waals surface area (Å²) >= 11 is 0. The Hall–Kier alpha value is -2.30. The second-order valence-electron chi connectivity index (χ2n) is 3.74. The van der Waals surface area contributed by atoms with Crippen LogP contribution in [0, 0.1) is 0 Å². The quantitative estimate of drug-likeness (QED) is 0.878. The highest BCUT2D eigenvalue weighted by Gasteiger charge is 2.13. The van der Waals surface area contributed by atoms with E-state index in [0.717, 1.165) is 5.75 Å². The molecule has 0 aliphatic heterocycles. The molecule has 5 heteroatoms. The maximum Gasteiger partial charge on any atom is 0.354 e. The highest BCUT2D eigenvalue weighted by Crippen LogP contribution is 2.12. The number of hydrogen-bond donors (Lipinski definition) is 1. The van der Waals surface area contributed by atoms with Crippen molar-refractivity contribution in [3.05, 3.63) is 47.8 Å². The summed E-state index contributed by atoms with van der Waals surface area (Å²) in [5.74, 6) is -0.240. The van der Waals surface area contributed by atoms with Crippen molar-refractivity contribution >= 4 is 5.97 Å². The molecule has 0 saturated carbocycles. The van der Waals surface area contributed by atoms with Crippen LogP contribution >= 0.6 is 0 Å². The number of aromatic carboxylic acids is 1. The van der Waals surface area contributed by atoms with Gasteiger partial charge < -0.3 is 9.84 Å². The number of aryl methyl sites for hydroxylation is 1. The second kappa shape index (κ2) is 5.35. The van der Waals surface area contributed by atoms with E-state index in [4.69, 9.17) is 9.84 Å². The fourth-order valence-corrected chi connectivity index (χ4v) is 1.63. The number of ether oxygens (including phenoxy) is 1. The predicted molar refractivity (Wildman–Crippen MR) is 65.6 cm³/mol. The maximum atomic E-state index is 11.0. The Bertz CT molecular complexity index is 534. The van der Waals surface area contributed by atoms with Crippen LogP contribution in [0.2, 0.25) is 0 Å². The van der Waals surface area contributed by atoms with E-state index in [1.807, 2.05) is 37.3 Å². The molecule has 1 N–H and O–H groups in total. The van der Waals surface area contributed by atoms with Gasteiger partial charge in [0.25, 0.3) is 0 Å². The molecule has 0 unspecified atom stereocenters. The van der Waals surface area contributed by atoms with Crippen molar-refractivity contribution in [1.82, 2.24) is 9.78 Å². The summed E-state index contributed by atoms with van der Waals surface area (Å²) in [5, 5.41) is 13.2. The van der Waals surface area contributed by atoms with E-state index in [1.165, 1.54) is 10.7 Å². The first-order chi connectivity index (χ1) is 8.70. The zero-order chi connectivity index (χ0) is 13.0. The minimum absolute atomic E-state index is 0.184. The molecule has 2 aromatic rings. The van der Waals surface area contributed by atoms with E-state index in [1.54, 1.807) is 0 Å². The molecule has 18 heavy (non-hydrogen) atoms. The first-order valence-electron chi connectivity index (χ1n) is 5.68. The molecule has 0 aliphatic rings. The minimum atomic E-state index is -0.977. The Labute approximate surface area is 105 Å². The summed E-state index contributed by atoms with van der Waals surface area (Å²) in [6.45, 7) is 2.63. The van der Waals surface area contributed by atoms with E-state index < -0.39 is 5.97 Å². The van der Waals surface area contributed by atoms with Gasteiger partial charge in [-0.05, 0) is 25.1 Å². The van der Waals surface area contributed by atoms with Crippen LogP contribution in [0.25, 0.3) is 0 Å². The van der Waals surface area contributed by atoms with Gasteiger partial charge in [-0.1, -0.05) is 18.2 Å². The fourth-order valence-electron chi connectivity index (χ4n) is 1.63. The number of nitrogens with zero attached hydrogens (tertiary/aromatic N) is 2. The molecule has 0 atom stereocenters. The van der Waals surface area contributed by atoms with Crippen LogP contribution in [-0.4, -0.2) is 20.9 Å². The van der Waals surface area contributed by atoms with Crippen molar-refractivity contribution in [2.45, 2.75) is 20.1 Å². The zero-order valence-corrected chi connectivity index (χ0v) is 10.0. The number of carboxylic acids is 1. The molecule has 0 bridgehead atoms. The highest BCUT2D eigenvalue weighted by molar-refractivity contribution is 5.85. The SMILES string of the molecule is CCn1nc(COc2ccccc2)cc1C(=O)O. The molecule has 1 heterocycles. The van der Waals surface area contributed by atoms with Crippen LogP contribution in [-0.2, 0) is 13.2 Å². The van der Waals surface area contributed by atoms with E-state index in [0.29, 0.717) is 12.2 Å². The number of aromatic nitrogens is 2. The van der Waals surface area contributed by atoms with Gasteiger partial charge in [-0.25, -0.2) is 4.79 Å². The largest absolute Gasteiger partial charge is 0.487 e. The van der Waals surface area contributed by atoms with Crippen molar-refractivity contribution in [2.75, 3.05) is 0 Å². The fraction of sp³-hybridized carbons (Fsp3) is 0.231. The van der Waals surface area contributed by atoms with Crippen LogP contribution in [0.4, 0.5) is 0 Å². The van der Waals surface area contributed by atoms with Crippen molar-refractivity contribution in [3.8, 4) is 5.75 Å². The average Bonchev–Trinajstić information content (AvgIpc) is 2.81. The van der Waals surface area contributed by atoms with Gasteiger partial charge in [0, 0.05) is 6.54 Å². The van der Waals surface area contributed by atoms with Gasteiger partial charge in [-0.15, -0.1) is 0 Å². The molecular formula is C13H14N2O3.